The van der Waals surface area contributed by atoms with Crippen LogP contribution >= 0.6 is 15.9 Å². The SMILES string of the molecule is COCCN(CCOC)c1ccc(C(=N)N)c(Br)c1F. The van der Waals surface area contributed by atoms with E-state index in [1.165, 1.54) is 0 Å². The van der Waals surface area contributed by atoms with Crippen LogP contribution in [0.25, 0.3) is 0 Å². The zero-order chi connectivity index (χ0) is 15.1. The summed E-state index contributed by atoms with van der Waals surface area (Å²) in [4.78, 5) is 1.83. The molecule has 3 N–H and O–H groups in total. The van der Waals surface area contributed by atoms with Crippen LogP contribution in [0.15, 0.2) is 16.6 Å². The number of amidine groups is 1. The summed E-state index contributed by atoms with van der Waals surface area (Å²) in [5.41, 5.74) is 6.17. The van der Waals surface area contributed by atoms with E-state index in [1.54, 1.807) is 26.4 Å². The van der Waals surface area contributed by atoms with Crippen molar-refractivity contribution in [1.29, 1.82) is 5.41 Å². The van der Waals surface area contributed by atoms with Crippen LogP contribution in [0.1, 0.15) is 5.56 Å². The molecule has 0 spiro atoms. The third-order valence-corrected chi connectivity index (χ3v) is 3.60. The molecule has 20 heavy (non-hydrogen) atoms. The van der Waals surface area contributed by atoms with Gasteiger partial charge in [-0.1, -0.05) is 0 Å². The number of ether oxygens (including phenoxy) is 2. The summed E-state index contributed by atoms with van der Waals surface area (Å²) >= 11 is 3.15. The molecule has 1 aromatic carbocycles. The molecule has 7 heteroatoms. The normalized spacial score (nSPS) is 10.6. The molecule has 112 valence electrons. The molecule has 0 saturated carbocycles. The van der Waals surface area contributed by atoms with Crippen LogP contribution in [0, 0.1) is 11.2 Å². The van der Waals surface area contributed by atoms with Gasteiger partial charge in [0.05, 0.1) is 23.4 Å². The molecule has 1 aromatic rings. The smallest absolute Gasteiger partial charge is 0.161 e. The molecule has 0 atom stereocenters. The van der Waals surface area contributed by atoms with Crippen molar-refractivity contribution in [3.63, 3.8) is 0 Å². The van der Waals surface area contributed by atoms with Crippen molar-refractivity contribution in [2.24, 2.45) is 5.73 Å². The summed E-state index contributed by atoms with van der Waals surface area (Å²) in [6, 6.07) is 3.24. The van der Waals surface area contributed by atoms with Crippen molar-refractivity contribution in [3.8, 4) is 0 Å². The average molecular weight is 348 g/mol. The minimum atomic E-state index is -0.440. The highest BCUT2D eigenvalue weighted by molar-refractivity contribution is 9.10. The summed E-state index contributed by atoms with van der Waals surface area (Å²) in [6.07, 6.45) is 0. The Morgan fingerprint density at radius 3 is 2.30 bits per heavy atom. The van der Waals surface area contributed by atoms with Gasteiger partial charge in [-0.05, 0) is 28.1 Å². The van der Waals surface area contributed by atoms with E-state index >= 15 is 0 Å². The molecule has 0 aliphatic rings. The van der Waals surface area contributed by atoms with E-state index in [0.29, 0.717) is 37.6 Å². The van der Waals surface area contributed by atoms with Crippen LogP contribution in [0.3, 0.4) is 0 Å². The highest BCUT2D eigenvalue weighted by atomic mass is 79.9. The first-order valence-corrected chi connectivity index (χ1v) is 6.87. The number of rotatable bonds is 8. The maximum absolute atomic E-state index is 14.4. The summed E-state index contributed by atoms with van der Waals surface area (Å²) in [7, 11) is 3.19. The van der Waals surface area contributed by atoms with Crippen LogP contribution in [-0.2, 0) is 9.47 Å². The predicted molar refractivity (Wildman–Crippen MR) is 81.1 cm³/mol. The molecule has 0 heterocycles. The molecule has 0 radical (unpaired) electrons. The summed E-state index contributed by atoms with van der Waals surface area (Å²) in [5, 5.41) is 7.40. The minimum Gasteiger partial charge on any atom is -0.384 e. The lowest BCUT2D eigenvalue weighted by Crippen LogP contribution is -2.31. The zero-order valence-electron chi connectivity index (χ0n) is 11.6. The fraction of sp³-hybridized carbons (Fsp3) is 0.462. The Morgan fingerprint density at radius 1 is 1.30 bits per heavy atom. The zero-order valence-corrected chi connectivity index (χ0v) is 13.2. The third kappa shape index (κ3) is 4.16. The molecule has 0 amide bonds. The van der Waals surface area contributed by atoms with E-state index in [9.17, 15) is 4.39 Å². The Bertz CT molecular complexity index is 463. The van der Waals surface area contributed by atoms with Gasteiger partial charge < -0.3 is 20.1 Å². The molecule has 1 rings (SSSR count). The fourth-order valence-electron chi connectivity index (χ4n) is 1.75. The van der Waals surface area contributed by atoms with Gasteiger partial charge >= 0.3 is 0 Å². The first kappa shape index (κ1) is 16.9. The number of nitrogens with one attached hydrogen (secondary N) is 1. The highest BCUT2D eigenvalue weighted by Gasteiger charge is 2.17. The quantitative estimate of drug-likeness (QED) is 0.557. The molecule has 0 aliphatic carbocycles. The first-order valence-electron chi connectivity index (χ1n) is 6.08. The fourth-order valence-corrected chi connectivity index (χ4v) is 2.30. The van der Waals surface area contributed by atoms with Gasteiger partial charge in [0.2, 0.25) is 0 Å². The second-order valence-corrected chi connectivity index (χ2v) is 4.94. The molecular weight excluding hydrogens is 329 g/mol. The van der Waals surface area contributed by atoms with Crippen LogP contribution in [0.4, 0.5) is 10.1 Å². The number of anilines is 1. The molecule has 0 bridgehead atoms. The van der Waals surface area contributed by atoms with Gasteiger partial charge in [0.1, 0.15) is 5.84 Å². The maximum atomic E-state index is 14.4. The second kappa shape index (κ2) is 8.18. The Morgan fingerprint density at radius 2 is 1.85 bits per heavy atom. The van der Waals surface area contributed by atoms with Crippen molar-refractivity contribution >= 4 is 27.5 Å². The lowest BCUT2D eigenvalue weighted by atomic mass is 10.1. The van der Waals surface area contributed by atoms with Crippen molar-refractivity contribution < 1.29 is 13.9 Å². The third-order valence-electron chi connectivity index (χ3n) is 2.82. The topological polar surface area (TPSA) is 71.6 Å². The Hall–Kier alpha value is -1.18. The van der Waals surface area contributed by atoms with Gasteiger partial charge in [0, 0.05) is 32.9 Å². The number of nitrogen functional groups attached to an aromatic ring is 1. The molecule has 0 aromatic heterocycles. The number of halogens is 2. The largest absolute Gasteiger partial charge is 0.384 e. The van der Waals surface area contributed by atoms with Crippen LogP contribution < -0.4 is 10.6 Å². The summed E-state index contributed by atoms with van der Waals surface area (Å²) in [6.45, 7) is 2.05. The molecular formula is C13H19BrFN3O2. The van der Waals surface area contributed by atoms with Gasteiger partial charge in [-0.15, -0.1) is 0 Å². The lowest BCUT2D eigenvalue weighted by Gasteiger charge is -2.25. The summed E-state index contributed by atoms with van der Waals surface area (Å²) < 4.78 is 24.7. The molecule has 0 unspecified atom stereocenters. The first-order chi connectivity index (χ1) is 9.52. The number of hydrogen-bond donors (Lipinski definition) is 2. The predicted octanol–water partition coefficient (Wildman–Crippen LogP) is 1.97. The lowest BCUT2D eigenvalue weighted by molar-refractivity contribution is 0.190. The molecule has 0 fully saturated rings. The van der Waals surface area contributed by atoms with Crippen molar-refractivity contribution in [3.05, 3.63) is 28.0 Å². The minimum absolute atomic E-state index is 0.178. The number of nitrogens with zero attached hydrogens (tertiary/aromatic N) is 1. The van der Waals surface area contributed by atoms with E-state index in [1.807, 2.05) is 4.90 Å². The van der Waals surface area contributed by atoms with E-state index in [0.717, 1.165) is 0 Å². The van der Waals surface area contributed by atoms with Crippen LogP contribution in [0.5, 0.6) is 0 Å². The van der Waals surface area contributed by atoms with E-state index in [4.69, 9.17) is 20.6 Å². The maximum Gasteiger partial charge on any atom is 0.161 e. The van der Waals surface area contributed by atoms with Gasteiger partial charge in [0.15, 0.2) is 5.82 Å². The molecule has 0 aliphatic heterocycles. The number of hydrogen-bond acceptors (Lipinski definition) is 4. The Kier molecular flexibility index (Phi) is 6.90. The monoisotopic (exact) mass is 347 g/mol. The number of benzene rings is 1. The van der Waals surface area contributed by atoms with Gasteiger partial charge in [-0.2, -0.15) is 0 Å². The van der Waals surface area contributed by atoms with Crippen molar-refractivity contribution in [2.75, 3.05) is 45.4 Å². The highest BCUT2D eigenvalue weighted by Crippen LogP contribution is 2.29. The van der Waals surface area contributed by atoms with Crippen LogP contribution in [-0.4, -0.2) is 46.4 Å². The standard InChI is InChI=1S/C13H19BrFN3O2/c1-19-7-5-18(6-8-20-2)10-4-3-9(13(16)17)11(14)12(10)15/h3-4H,5-8H2,1-2H3,(H3,16,17). The summed E-state index contributed by atoms with van der Waals surface area (Å²) in [5.74, 6) is -0.618. The van der Waals surface area contributed by atoms with E-state index < -0.39 is 5.82 Å². The van der Waals surface area contributed by atoms with E-state index in [2.05, 4.69) is 15.9 Å². The van der Waals surface area contributed by atoms with Gasteiger partial charge in [-0.3, -0.25) is 5.41 Å². The van der Waals surface area contributed by atoms with Gasteiger partial charge in [-0.25, -0.2) is 4.39 Å². The molecule has 5 nitrogen and oxygen atoms in total. The van der Waals surface area contributed by atoms with Crippen molar-refractivity contribution in [2.45, 2.75) is 0 Å². The van der Waals surface area contributed by atoms with Gasteiger partial charge in [0.25, 0.3) is 0 Å². The van der Waals surface area contributed by atoms with Crippen molar-refractivity contribution in [1.82, 2.24) is 0 Å². The van der Waals surface area contributed by atoms with E-state index in [-0.39, 0.29) is 10.3 Å². The van der Waals surface area contributed by atoms with Crippen LogP contribution in [0.2, 0.25) is 0 Å². The molecule has 0 saturated heterocycles. The number of nitrogens with two attached hydrogens (primary N) is 1. The second-order valence-electron chi connectivity index (χ2n) is 4.15. The average Bonchev–Trinajstić information content (AvgIpc) is 2.42. The Labute approximate surface area is 126 Å². The number of methoxy groups -OCH3 is 2. The Balaban J connectivity index is 3.06.